The van der Waals surface area contributed by atoms with Gasteiger partial charge in [0.15, 0.2) is 6.10 Å². The maximum Gasteiger partial charge on any atom is 0.405 e. The van der Waals surface area contributed by atoms with Crippen LogP contribution in [0.3, 0.4) is 0 Å². The summed E-state index contributed by atoms with van der Waals surface area (Å²) in [6.07, 6.45) is -0.264. The van der Waals surface area contributed by atoms with Crippen molar-refractivity contribution >= 4 is 22.2 Å². The van der Waals surface area contributed by atoms with Crippen LogP contribution in [0.25, 0.3) is 6.08 Å². The number of phenolic OH excluding ortho intramolecular Hbond substituents is 1. The highest BCUT2D eigenvalue weighted by molar-refractivity contribution is 7.86. The third kappa shape index (κ3) is 4.49. The van der Waals surface area contributed by atoms with Crippen molar-refractivity contribution in [1.82, 2.24) is 0 Å². The molecule has 0 spiro atoms. The number of rotatable bonds is 5. The molecule has 1 atom stereocenters. The number of carbonyl (C=O) groups excluding carboxylic acids is 1. The topological polar surface area (TPSA) is 101 Å². The monoisotopic (exact) mass is 350 g/mol. The van der Waals surface area contributed by atoms with Gasteiger partial charge in [0.05, 0.1) is 0 Å². The van der Waals surface area contributed by atoms with Gasteiger partial charge in [0, 0.05) is 6.08 Å². The second-order valence-electron chi connectivity index (χ2n) is 4.95. The molecule has 0 saturated carbocycles. The van der Waals surface area contributed by atoms with E-state index in [0.717, 1.165) is 6.08 Å². The highest BCUT2D eigenvalue weighted by atomic mass is 32.2. The molecule has 128 valence electrons. The first-order valence-electron chi connectivity index (χ1n) is 6.40. The number of benzene rings is 1. The van der Waals surface area contributed by atoms with Crippen LogP contribution in [0.5, 0.6) is 5.75 Å². The summed E-state index contributed by atoms with van der Waals surface area (Å²) in [5.41, 5.74) is 1.64. The first kappa shape index (κ1) is 19.0. The number of carbonyl (C=O) groups is 1. The lowest BCUT2D eigenvalue weighted by molar-refractivity contribution is -0.153. The van der Waals surface area contributed by atoms with Crippen LogP contribution >= 0.6 is 0 Å². The number of aryl methyl sites for hydroxylation is 2. The molecule has 0 amide bonds. The molecule has 1 unspecified atom stereocenters. The Morgan fingerprint density at radius 3 is 2.22 bits per heavy atom. The highest BCUT2D eigenvalue weighted by Crippen LogP contribution is 2.27. The molecule has 0 aromatic heterocycles. The molecule has 23 heavy (non-hydrogen) atoms. The Morgan fingerprint density at radius 2 is 1.78 bits per heavy atom. The van der Waals surface area contributed by atoms with Crippen molar-refractivity contribution in [2.45, 2.75) is 32.1 Å². The van der Waals surface area contributed by atoms with E-state index in [1.54, 1.807) is 26.0 Å². The van der Waals surface area contributed by atoms with Gasteiger partial charge in [0.1, 0.15) is 5.75 Å². The lowest BCUT2D eigenvalue weighted by Crippen LogP contribution is -2.41. The maximum absolute atomic E-state index is 13.2. The van der Waals surface area contributed by atoms with Gasteiger partial charge in [-0.2, -0.15) is 17.2 Å². The van der Waals surface area contributed by atoms with E-state index < -0.39 is 27.4 Å². The van der Waals surface area contributed by atoms with Crippen molar-refractivity contribution in [3.63, 3.8) is 0 Å². The zero-order chi connectivity index (χ0) is 18.0. The molecular formula is C14H16F2O6S. The van der Waals surface area contributed by atoms with E-state index in [9.17, 15) is 27.1 Å². The van der Waals surface area contributed by atoms with Crippen LogP contribution in [0.1, 0.15) is 23.6 Å². The number of alkyl halides is 2. The highest BCUT2D eigenvalue weighted by Gasteiger charge is 2.51. The first-order chi connectivity index (χ1) is 10.4. The molecule has 1 rings (SSSR count). The van der Waals surface area contributed by atoms with Crippen LogP contribution in [-0.2, 0) is 19.6 Å². The summed E-state index contributed by atoms with van der Waals surface area (Å²) in [5.74, 6) is -1.10. The standard InChI is InChI=1S/C14H16F2O6S/c1-8-6-11(7-9(2)13(8)18)4-5-12(17)22-10(3)14(15,16)23(19,20)21/h4-7,10,18H,1-3H3,(H,19,20,21)/b5-4+. The lowest BCUT2D eigenvalue weighted by atomic mass is 10.1. The molecule has 0 aliphatic rings. The van der Waals surface area contributed by atoms with Crippen LogP contribution in [0.15, 0.2) is 18.2 Å². The molecule has 0 aliphatic carbocycles. The molecule has 2 N–H and O–H groups in total. The zero-order valence-electron chi connectivity index (χ0n) is 12.6. The van der Waals surface area contributed by atoms with E-state index >= 15 is 0 Å². The minimum Gasteiger partial charge on any atom is -0.507 e. The molecule has 0 aliphatic heterocycles. The first-order valence-corrected chi connectivity index (χ1v) is 7.84. The quantitative estimate of drug-likeness (QED) is 0.480. The van der Waals surface area contributed by atoms with E-state index in [4.69, 9.17) is 4.55 Å². The summed E-state index contributed by atoms with van der Waals surface area (Å²) < 4.78 is 60.2. The van der Waals surface area contributed by atoms with Crippen LogP contribution in [0.4, 0.5) is 8.78 Å². The van der Waals surface area contributed by atoms with Crippen molar-refractivity contribution < 1.29 is 36.4 Å². The maximum atomic E-state index is 13.2. The van der Waals surface area contributed by atoms with Gasteiger partial charge in [-0.1, -0.05) is 0 Å². The number of phenols is 1. The Bertz CT molecular complexity index is 717. The van der Waals surface area contributed by atoms with Gasteiger partial charge in [0.25, 0.3) is 0 Å². The Morgan fingerprint density at radius 1 is 1.30 bits per heavy atom. The van der Waals surface area contributed by atoms with Gasteiger partial charge in [-0.15, -0.1) is 0 Å². The van der Waals surface area contributed by atoms with Crippen LogP contribution in [0, 0.1) is 13.8 Å². The smallest absolute Gasteiger partial charge is 0.405 e. The summed E-state index contributed by atoms with van der Waals surface area (Å²) in [5, 5.41) is 5.00. The van der Waals surface area contributed by atoms with Crippen molar-refractivity contribution in [2.75, 3.05) is 0 Å². The number of ether oxygens (including phenoxy) is 1. The third-order valence-electron chi connectivity index (χ3n) is 3.04. The molecule has 1 aromatic carbocycles. The minimum atomic E-state index is -5.69. The average Bonchev–Trinajstić information content (AvgIpc) is 2.40. The van der Waals surface area contributed by atoms with Crippen LogP contribution in [-0.4, -0.2) is 35.4 Å². The van der Waals surface area contributed by atoms with Gasteiger partial charge in [0.2, 0.25) is 0 Å². The summed E-state index contributed by atoms with van der Waals surface area (Å²) in [4.78, 5) is 11.5. The average molecular weight is 350 g/mol. The van der Waals surface area contributed by atoms with Gasteiger partial charge in [-0.3, -0.25) is 4.55 Å². The number of hydrogen-bond donors (Lipinski definition) is 2. The van der Waals surface area contributed by atoms with Gasteiger partial charge in [-0.05, 0) is 55.7 Å². The summed E-state index contributed by atoms with van der Waals surface area (Å²) in [6, 6.07) is 3.12. The molecule has 0 bridgehead atoms. The van der Waals surface area contributed by atoms with Crippen molar-refractivity contribution in [1.29, 1.82) is 0 Å². The Labute approximate surface area is 132 Å². The Kier molecular flexibility index (Phi) is 5.49. The molecule has 0 heterocycles. The van der Waals surface area contributed by atoms with E-state index in [1.165, 1.54) is 6.08 Å². The number of hydrogen-bond acceptors (Lipinski definition) is 5. The van der Waals surface area contributed by atoms with E-state index in [-0.39, 0.29) is 5.75 Å². The SMILES string of the molecule is Cc1cc(/C=C/C(=O)OC(C)C(F)(F)S(=O)(=O)O)cc(C)c1O. The van der Waals surface area contributed by atoms with E-state index in [0.29, 0.717) is 23.6 Å². The molecule has 9 heteroatoms. The van der Waals surface area contributed by atoms with E-state index in [1.807, 2.05) is 0 Å². The van der Waals surface area contributed by atoms with E-state index in [2.05, 4.69) is 4.74 Å². The predicted molar refractivity (Wildman–Crippen MR) is 78.7 cm³/mol. The molecule has 0 saturated heterocycles. The van der Waals surface area contributed by atoms with Gasteiger partial charge < -0.3 is 9.84 Å². The van der Waals surface area contributed by atoms with Gasteiger partial charge in [-0.25, -0.2) is 4.79 Å². The largest absolute Gasteiger partial charge is 0.507 e. The van der Waals surface area contributed by atoms with Crippen LogP contribution < -0.4 is 0 Å². The van der Waals surface area contributed by atoms with Crippen molar-refractivity contribution in [2.24, 2.45) is 0 Å². The summed E-state index contributed by atoms with van der Waals surface area (Å²) >= 11 is 0. The fraction of sp³-hybridized carbons (Fsp3) is 0.357. The minimum absolute atomic E-state index is 0.103. The van der Waals surface area contributed by atoms with Gasteiger partial charge >= 0.3 is 21.3 Å². The molecule has 0 fully saturated rings. The molecule has 1 aromatic rings. The second-order valence-corrected chi connectivity index (χ2v) is 6.45. The predicted octanol–water partition coefficient (Wildman–Crippen LogP) is 2.43. The van der Waals surface area contributed by atoms with Crippen LogP contribution in [0.2, 0.25) is 0 Å². The fourth-order valence-electron chi connectivity index (χ4n) is 1.74. The number of halogens is 2. The number of esters is 1. The Balaban J connectivity index is 2.85. The van der Waals surface area contributed by atoms with Crippen molar-refractivity contribution in [3.8, 4) is 5.75 Å². The Hall–Kier alpha value is -2.00. The normalized spacial score (nSPS) is 14.0. The third-order valence-corrected chi connectivity index (χ3v) is 4.06. The fourth-order valence-corrected chi connectivity index (χ4v) is 2.21. The molecular weight excluding hydrogens is 334 g/mol. The number of aromatic hydroxyl groups is 1. The molecule has 6 nitrogen and oxygen atoms in total. The van der Waals surface area contributed by atoms with Crippen molar-refractivity contribution in [3.05, 3.63) is 34.9 Å². The summed E-state index contributed by atoms with van der Waals surface area (Å²) in [7, 11) is -5.69. The molecule has 0 radical (unpaired) electrons. The zero-order valence-corrected chi connectivity index (χ0v) is 13.4. The lowest BCUT2D eigenvalue weighted by Gasteiger charge is -2.19. The summed E-state index contributed by atoms with van der Waals surface area (Å²) in [6.45, 7) is 3.94. The second kappa shape index (κ2) is 6.63.